The van der Waals surface area contributed by atoms with Crippen LogP contribution in [0.5, 0.6) is 17.2 Å². The van der Waals surface area contributed by atoms with Crippen LogP contribution in [0.1, 0.15) is 21.5 Å². The molecule has 1 aliphatic rings. The second kappa shape index (κ2) is 8.05. The van der Waals surface area contributed by atoms with Crippen LogP contribution in [-0.4, -0.2) is 38.5 Å². The molecule has 1 aromatic heterocycles. The van der Waals surface area contributed by atoms with E-state index < -0.39 is 0 Å². The molecule has 0 N–H and O–H groups in total. The third-order valence-corrected chi connectivity index (χ3v) is 5.86. The number of methoxy groups -OCH3 is 3. The molecule has 0 unspecified atom stereocenters. The normalized spacial score (nSPS) is 11.8. The first kappa shape index (κ1) is 20.2. The number of fused-ring (bicyclic) bond motifs is 5. The summed E-state index contributed by atoms with van der Waals surface area (Å²) in [5.74, 6) is 2.07. The van der Waals surface area contributed by atoms with Crippen LogP contribution in [0.2, 0.25) is 0 Å². The Kier molecular flexibility index (Phi) is 5.07. The number of hydrogen-bond acceptors (Lipinski definition) is 5. The average molecular weight is 429 g/mol. The number of ether oxygens (including phenoxy) is 4. The highest BCUT2D eigenvalue weighted by atomic mass is 16.7. The molecule has 0 saturated carbocycles. The quantitative estimate of drug-likeness (QED) is 0.272. The molecule has 0 fully saturated rings. The minimum atomic E-state index is -0.0500. The van der Waals surface area contributed by atoms with Crippen molar-refractivity contribution >= 4 is 16.7 Å². The van der Waals surface area contributed by atoms with E-state index in [0.29, 0.717) is 29.2 Å². The number of rotatable bonds is 7. The first-order chi connectivity index (χ1) is 15.6. The van der Waals surface area contributed by atoms with Crippen LogP contribution in [0, 0.1) is 0 Å². The molecular weight excluding hydrogens is 406 g/mol. The number of ketones is 1. The molecule has 2 heterocycles. The van der Waals surface area contributed by atoms with Crippen LogP contribution in [-0.2, 0) is 11.3 Å². The maximum absolute atomic E-state index is 13.8. The van der Waals surface area contributed by atoms with Crippen molar-refractivity contribution < 1.29 is 23.7 Å². The van der Waals surface area contributed by atoms with E-state index in [1.165, 1.54) is 0 Å². The van der Waals surface area contributed by atoms with E-state index in [1.54, 1.807) is 45.6 Å². The molecule has 0 radical (unpaired) electrons. The van der Waals surface area contributed by atoms with Crippen molar-refractivity contribution in [2.45, 2.75) is 6.54 Å². The maximum atomic E-state index is 13.8. The van der Waals surface area contributed by atoms with Gasteiger partial charge in [-0.2, -0.15) is 0 Å². The summed E-state index contributed by atoms with van der Waals surface area (Å²) in [6, 6.07) is 19.0. The van der Waals surface area contributed by atoms with Crippen molar-refractivity contribution in [3.05, 3.63) is 77.4 Å². The standard InChI is InChI=1S/C26H23NO5/c1-29-15-32-18-7-4-16(5-8-18)26(28)24-22-13-20(31-3)10-11-23(22)27-14-17-6-9-19(30-2)12-21(17)25(24)27/h4-13H,14-15H2,1-3H3. The second-order valence-corrected chi connectivity index (χ2v) is 7.62. The average Bonchev–Trinajstić information content (AvgIpc) is 3.36. The zero-order valence-corrected chi connectivity index (χ0v) is 18.2. The Morgan fingerprint density at radius 3 is 2.28 bits per heavy atom. The Morgan fingerprint density at radius 2 is 1.56 bits per heavy atom. The van der Waals surface area contributed by atoms with Gasteiger partial charge in [-0.25, -0.2) is 0 Å². The van der Waals surface area contributed by atoms with Gasteiger partial charge < -0.3 is 23.5 Å². The molecule has 6 nitrogen and oxygen atoms in total. The number of benzene rings is 3. The van der Waals surface area contributed by atoms with E-state index in [9.17, 15) is 4.79 Å². The Balaban J connectivity index is 1.69. The van der Waals surface area contributed by atoms with Gasteiger partial charge >= 0.3 is 0 Å². The summed E-state index contributed by atoms with van der Waals surface area (Å²) in [5, 5.41) is 0.873. The predicted molar refractivity (Wildman–Crippen MR) is 122 cm³/mol. The van der Waals surface area contributed by atoms with Gasteiger partial charge in [-0.05, 0) is 60.2 Å². The number of carbonyl (C=O) groups excluding carboxylic acids is 1. The van der Waals surface area contributed by atoms with Gasteiger partial charge in [0.15, 0.2) is 12.6 Å². The smallest absolute Gasteiger partial charge is 0.195 e. The van der Waals surface area contributed by atoms with Gasteiger partial charge in [0.05, 0.1) is 25.5 Å². The van der Waals surface area contributed by atoms with E-state index in [4.69, 9.17) is 18.9 Å². The molecule has 162 valence electrons. The summed E-state index contributed by atoms with van der Waals surface area (Å²) in [7, 11) is 4.85. The van der Waals surface area contributed by atoms with Crippen molar-refractivity contribution in [3.63, 3.8) is 0 Å². The highest BCUT2D eigenvalue weighted by molar-refractivity contribution is 6.21. The van der Waals surface area contributed by atoms with Gasteiger partial charge in [0.2, 0.25) is 0 Å². The largest absolute Gasteiger partial charge is 0.497 e. The zero-order valence-electron chi connectivity index (χ0n) is 18.2. The Hall–Kier alpha value is -3.77. The van der Waals surface area contributed by atoms with Gasteiger partial charge in [0.25, 0.3) is 0 Å². The van der Waals surface area contributed by atoms with E-state index in [-0.39, 0.29) is 12.6 Å². The summed E-state index contributed by atoms with van der Waals surface area (Å²) in [6.45, 7) is 0.859. The van der Waals surface area contributed by atoms with E-state index in [2.05, 4.69) is 10.6 Å². The van der Waals surface area contributed by atoms with Crippen molar-refractivity contribution in [2.24, 2.45) is 0 Å². The summed E-state index contributed by atoms with van der Waals surface area (Å²) in [4.78, 5) is 13.8. The molecular formula is C26H23NO5. The molecule has 4 aromatic rings. The molecule has 5 rings (SSSR count). The first-order valence-electron chi connectivity index (χ1n) is 10.3. The molecule has 0 bridgehead atoms. The van der Waals surface area contributed by atoms with Gasteiger partial charge in [0.1, 0.15) is 17.2 Å². The number of nitrogens with zero attached hydrogens (tertiary/aromatic N) is 1. The predicted octanol–water partition coefficient (Wildman–Crippen LogP) is 4.90. The van der Waals surface area contributed by atoms with Gasteiger partial charge in [-0.3, -0.25) is 4.79 Å². The van der Waals surface area contributed by atoms with E-state index in [0.717, 1.165) is 33.5 Å². The Bertz CT molecular complexity index is 1320. The van der Waals surface area contributed by atoms with Crippen LogP contribution in [0.25, 0.3) is 22.2 Å². The molecule has 0 aliphatic carbocycles. The fourth-order valence-electron chi connectivity index (χ4n) is 4.32. The SMILES string of the molecule is COCOc1ccc(C(=O)c2c3n(c4ccc(OC)cc24)Cc2ccc(OC)cc2-3)cc1. The molecule has 0 saturated heterocycles. The zero-order chi connectivity index (χ0) is 22.2. The van der Waals surface area contributed by atoms with Gasteiger partial charge in [0, 0.05) is 35.7 Å². The lowest BCUT2D eigenvalue weighted by molar-refractivity contribution is 0.0511. The molecule has 0 spiro atoms. The lowest BCUT2D eigenvalue weighted by atomic mass is 9.96. The minimum absolute atomic E-state index is 0.0500. The van der Waals surface area contributed by atoms with Crippen LogP contribution in [0.15, 0.2) is 60.7 Å². The van der Waals surface area contributed by atoms with E-state index in [1.807, 2.05) is 30.3 Å². The van der Waals surface area contributed by atoms with Crippen LogP contribution in [0.4, 0.5) is 0 Å². The summed E-state index contributed by atoms with van der Waals surface area (Å²) in [5.41, 5.74) is 5.34. The van der Waals surface area contributed by atoms with Crippen LogP contribution >= 0.6 is 0 Å². The number of carbonyl (C=O) groups is 1. The number of hydrogen-bond donors (Lipinski definition) is 0. The molecule has 3 aromatic carbocycles. The molecule has 32 heavy (non-hydrogen) atoms. The van der Waals surface area contributed by atoms with Gasteiger partial charge in [-0.15, -0.1) is 0 Å². The second-order valence-electron chi connectivity index (χ2n) is 7.62. The van der Waals surface area contributed by atoms with Crippen LogP contribution in [0.3, 0.4) is 0 Å². The van der Waals surface area contributed by atoms with Crippen molar-refractivity contribution in [2.75, 3.05) is 28.1 Å². The highest BCUT2D eigenvalue weighted by Gasteiger charge is 2.30. The summed E-state index contributed by atoms with van der Waals surface area (Å²) < 4.78 is 23.5. The highest BCUT2D eigenvalue weighted by Crippen LogP contribution is 2.44. The summed E-state index contributed by atoms with van der Waals surface area (Å²) in [6.07, 6.45) is 0. The first-order valence-corrected chi connectivity index (χ1v) is 10.3. The van der Waals surface area contributed by atoms with Crippen molar-refractivity contribution in [1.82, 2.24) is 4.57 Å². The molecule has 6 heteroatoms. The Morgan fingerprint density at radius 1 is 0.875 bits per heavy atom. The molecule has 0 atom stereocenters. The monoisotopic (exact) mass is 429 g/mol. The molecule has 0 amide bonds. The van der Waals surface area contributed by atoms with Crippen molar-refractivity contribution in [3.8, 4) is 28.5 Å². The summed E-state index contributed by atoms with van der Waals surface area (Å²) >= 11 is 0. The molecule has 1 aliphatic heterocycles. The third kappa shape index (κ3) is 3.20. The fraction of sp³-hybridized carbons (Fsp3) is 0.192. The third-order valence-electron chi connectivity index (χ3n) is 5.86. The Labute approximate surface area is 185 Å². The fourth-order valence-corrected chi connectivity index (χ4v) is 4.32. The lowest BCUT2D eigenvalue weighted by Gasteiger charge is -2.08. The minimum Gasteiger partial charge on any atom is -0.497 e. The van der Waals surface area contributed by atoms with Crippen LogP contribution < -0.4 is 14.2 Å². The van der Waals surface area contributed by atoms with E-state index >= 15 is 0 Å². The van der Waals surface area contributed by atoms with Gasteiger partial charge in [-0.1, -0.05) is 6.07 Å². The van der Waals surface area contributed by atoms with Crippen molar-refractivity contribution in [1.29, 1.82) is 0 Å². The topological polar surface area (TPSA) is 58.9 Å². The lowest BCUT2D eigenvalue weighted by Crippen LogP contribution is -2.04. The number of aromatic nitrogens is 1. The maximum Gasteiger partial charge on any atom is 0.195 e.